The van der Waals surface area contributed by atoms with Crippen molar-refractivity contribution in [2.24, 2.45) is 0 Å². The van der Waals surface area contributed by atoms with E-state index in [1.165, 1.54) is 4.88 Å². The molecule has 0 unspecified atom stereocenters. The van der Waals surface area contributed by atoms with Gasteiger partial charge in [-0.15, -0.1) is 11.3 Å². The Morgan fingerprint density at radius 1 is 1.21 bits per heavy atom. The highest BCUT2D eigenvalue weighted by molar-refractivity contribution is 7.10. The second-order valence-electron chi connectivity index (χ2n) is 5.67. The van der Waals surface area contributed by atoms with Gasteiger partial charge >= 0.3 is 0 Å². The lowest BCUT2D eigenvalue weighted by Crippen LogP contribution is -2.34. The zero-order valence-corrected chi connectivity index (χ0v) is 15.4. The third-order valence-corrected chi connectivity index (χ3v) is 4.77. The van der Waals surface area contributed by atoms with Crippen LogP contribution >= 0.6 is 11.3 Å². The molecule has 0 aliphatic heterocycles. The summed E-state index contributed by atoms with van der Waals surface area (Å²) >= 11 is 1.70. The predicted octanol–water partition coefficient (Wildman–Crippen LogP) is 2.73. The molecular weight excluding hydrogens is 324 g/mol. The molecule has 2 rings (SSSR count). The first-order chi connectivity index (χ1) is 11.5. The molecule has 130 valence electrons. The molecule has 0 radical (unpaired) electrons. The minimum absolute atomic E-state index is 0.00868. The van der Waals surface area contributed by atoms with Gasteiger partial charge in [-0.05, 0) is 43.2 Å². The van der Waals surface area contributed by atoms with E-state index < -0.39 is 0 Å². The molecule has 6 heteroatoms. The highest BCUT2D eigenvalue weighted by atomic mass is 32.1. The maximum atomic E-state index is 12.3. The highest BCUT2D eigenvalue weighted by Gasteiger charge is 2.16. The van der Waals surface area contributed by atoms with Gasteiger partial charge in [-0.3, -0.25) is 4.79 Å². The molecule has 2 aromatic rings. The molecule has 0 aliphatic carbocycles. The van der Waals surface area contributed by atoms with Crippen LogP contribution in [0, 0.1) is 0 Å². The number of thiophene rings is 1. The van der Waals surface area contributed by atoms with Crippen molar-refractivity contribution in [2.45, 2.75) is 12.5 Å². The number of likely N-dealkylation sites (N-methyl/N-ethyl adjacent to an activating group) is 1. The van der Waals surface area contributed by atoms with E-state index in [0.29, 0.717) is 24.5 Å². The fourth-order valence-electron chi connectivity index (χ4n) is 2.47. The van der Waals surface area contributed by atoms with E-state index in [1.807, 2.05) is 38.4 Å². The van der Waals surface area contributed by atoms with Crippen molar-refractivity contribution in [3.63, 3.8) is 0 Å². The Kier molecular flexibility index (Phi) is 6.63. The maximum Gasteiger partial charge on any atom is 0.224 e. The lowest BCUT2D eigenvalue weighted by Gasteiger charge is -2.23. The number of carbonyl (C=O) groups is 1. The van der Waals surface area contributed by atoms with Crippen LogP contribution in [0.4, 0.5) is 0 Å². The first-order valence-electron chi connectivity index (χ1n) is 7.72. The minimum atomic E-state index is -0.00868. The number of nitrogens with one attached hydrogen (secondary N) is 1. The van der Waals surface area contributed by atoms with Crippen LogP contribution < -0.4 is 14.8 Å². The van der Waals surface area contributed by atoms with Gasteiger partial charge in [0.25, 0.3) is 0 Å². The average molecular weight is 348 g/mol. The lowest BCUT2D eigenvalue weighted by atomic mass is 10.1. The second kappa shape index (κ2) is 8.70. The summed E-state index contributed by atoms with van der Waals surface area (Å²) in [7, 11) is 7.22. The summed E-state index contributed by atoms with van der Waals surface area (Å²) in [6, 6.07) is 9.83. The summed E-state index contributed by atoms with van der Waals surface area (Å²) in [5.41, 5.74) is 0.891. The number of nitrogens with zero attached hydrogens (tertiary/aromatic N) is 1. The summed E-state index contributed by atoms with van der Waals surface area (Å²) in [5, 5.41) is 5.07. The number of hydrogen-bond donors (Lipinski definition) is 1. The molecule has 0 fully saturated rings. The topological polar surface area (TPSA) is 50.8 Å². The summed E-state index contributed by atoms with van der Waals surface area (Å²) in [5.74, 6) is 1.28. The predicted molar refractivity (Wildman–Crippen MR) is 97.0 cm³/mol. The third kappa shape index (κ3) is 4.72. The SMILES string of the molecule is COc1ccc(CC(=O)NC[C@@H](c2cccs2)N(C)C)cc1OC. The Morgan fingerprint density at radius 3 is 2.54 bits per heavy atom. The van der Waals surface area contributed by atoms with Crippen molar-refractivity contribution in [3.8, 4) is 11.5 Å². The van der Waals surface area contributed by atoms with Crippen LogP contribution in [0.25, 0.3) is 0 Å². The van der Waals surface area contributed by atoms with Gasteiger partial charge in [-0.25, -0.2) is 0 Å². The molecule has 24 heavy (non-hydrogen) atoms. The van der Waals surface area contributed by atoms with Crippen LogP contribution in [0.15, 0.2) is 35.7 Å². The Bertz CT molecular complexity index is 656. The van der Waals surface area contributed by atoms with E-state index in [1.54, 1.807) is 25.6 Å². The van der Waals surface area contributed by atoms with E-state index in [4.69, 9.17) is 9.47 Å². The fourth-order valence-corrected chi connectivity index (χ4v) is 3.39. The number of ether oxygens (including phenoxy) is 2. The number of hydrogen-bond acceptors (Lipinski definition) is 5. The van der Waals surface area contributed by atoms with Gasteiger partial charge in [-0.1, -0.05) is 12.1 Å². The van der Waals surface area contributed by atoms with Crippen LogP contribution in [0.3, 0.4) is 0 Å². The van der Waals surface area contributed by atoms with E-state index >= 15 is 0 Å². The summed E-state index contributed by atoms with van der Waals surface area (Å²) in [6.45, 7) is 0.583. The molecular formula is C18H24N2O3S. The summed E-state index contributed by atoms with van der Waals surface area (Å²) in [6.07, 6.45) is 0.310. The molecule has 1 heterocycles. The number of benzene rings is 1. The molecule has 0 saturated carbocycles. The molecule has 5 nitrogen and oxygen atoms in total. The van der Waals surface area contributed by atoms with E-state index in [2.05, 4.69) is 21.7 Å². The maximum absolute atomic E-state index is 12.3. The van der Waals surface area contributed by atoms with Crippen LogP contribution in [0.1, 0.15) is 16.5 Å². The van der Waals surface area contributed by atoms with Crippen molar-refractivity contribution in [1.29, 1.82) is 0 Å². The number of rotatable bonds is 8. The van der Waals surface area contributed by atoms with Crippen LogP contribution in [-0.2, 0) is 11.2 Å². The summed E-state index contributed by atoms with van der Waals surface area (Å²) in [4.78, 5) is 15.6. The zero-order chi connectivity index (χ0) is 17.5. The Hall–Kier alpha value is -2.05. The first kappa shape index (κ1) is 18.3. The van der Waals surface area contributed by atoms with Gasteiger partial charge in [-0.2, -0.15) is 0 Å². The fraction of sp³-hybridized carbons (Fsp3) is 0.389. The Labute approximate surface area is 147 Å². The highest BCUT2D eigenvalue weighted by Crippen LogP contribution is 2.27. The Balaban J connectivity index is 1.95. The minimum Gasteiger partial charge on any atom is -0.493 e. The van der Waals surface area contributed by atoms with Crippen LogP contribution in [0.2, 0.25) is 0 Å². The van der Waals surface area contributed by atoms with Crippen molar-refractivity contribution < 1.29 is 14.3 Å². The monoisotopic (exact) mass is 348 g/mol. The molecule has 0 spiro atoms. The van der Waals surface area contributed by atoms with Crippen LogP contribution in [0.5, 0.6) is 11.5 Å². The van der Waals surface area contributed by atoms with Crippen molar-refractivity contribution in [1.82, 2.24) is 10.2 Å². The standard InChI is InChI=1S/C18H24N2O3S/c1-20(2)14(17-6-5-9-24-17)12-19-18(21)11-13-7-8-15(22-3)16(10-13)23-4/h5-10,14H,11-12H2,1-4H3,(H,19,21)/t14-/m0/s1. The van der Waals surface area contributed by atoms with Gasteiger partial charge in [0.1, 0.15) is 0 Å². The van der Waals surface area contributed by atoms with Gasteiger partial charge in [0.15, 0.2) is 11.5 Å². The molecule has 1 N–H and O–H groups in total. The third-order valence-electron chi connectivity index (χ3n) is 3.80. The quantitative estimate of drug-likeness (QED) is 0.797. The van der Waals surface area contributed by atoms with Crippen molar-refractivity contribution in [3.05, 3.63) is 46.2 Å². The number of amides is 1. The normalized spacial score (nSPS) is 12.0. The van der Waals surface area contributed by atoms with E-state index in [9.17, 15) is 4.79 Å². The van der Waals surface area contributed by atoms with E-state index in [-0.39, 0.29) is 11.9 Å². The molecule has 0 aliphatic rings. The van der Waals surface area contributed by atoms with Gasteiger partial charge < -0.3 is 19.7 Å². The van der Waals surface area contributed by atoms with Crippen LogP contribution in [-0.4, -0.2) is 45.7 Å². The summed E-state index contributed by atoms with van der Waals surface area (Å²) < 4.78 is 10.5. The first-order valence-corrected chi connectivity index (χ1v) is 8.60. The molecule has 1 amide bonds. The molecule has 1 atom stereocenters. The largest absolute Gasteiger partial charge is 0.493 e. The zero-order valence-electron chi connectivity index (χ0n) is 14.5. The van der Waals surface area contributed by atoms with E-state index in [0.717, 1.165) is 5.56 Å². The number of carbonyl (C=O) groups excluding carboxylic acids is 1. The van der Waals surface area contributed by atoms with Crippen molar-refractivity contribution in [2.75, 3.05) is 34.9 Å². The second-order valence-corrected chi connectivity index (χ2v) is 6.64. The van der Waals surface area contributed by atoms with Gasteiger partial charge in [0.2, 0.25) is 5.91 Å². The number of methoxy groups -OCH3 is 2. The van der Waals surface area contributed by atoms with Gasteiger partial charge in [0, 0.05) is 11.4 Å². The molecule has 1 aromatic heterocycles. The van der Waals surface area contributed by atoms with Crippen molar-refractivity contribution >= 4 is 17.2 Å². The molecule has 1 aromatic carbocycles. The lowest BCUT2D eigenvalue weighted by molar-refractivity contribution is -0.120. The molecule has 0 saturated heterocycles. The smallest absolute Gasteiger partial charge is 0.224 e. The van der Waals surface area contributed by atoms with Gasteiger partial charge in [0.05, 0.1) is 26.7 Å². The Morgan fingerprint density at radius 2 is 1.96 bits per heavy atom. The molecule has 0 bridgehead atoms. The average Bonchev–Trinajstić information content (AvgIpc) is 3.08.